The monoisotopic (exact) mass is 542 g/mol. The van der Waals surface area contributed by atoms with Crippen molar-refractivity contribution in [1.29, 1.82) is 0 Å². The van der Waals surface area contributed by atoms with Crippen molar-refractivity contribution in [3.8, 4) is 0 Å². The van der Waals surface area contributed by atoms with Crippen LogP contribution in [0.2, 0.25) is 0 Å². The fraction of sp³-hybridized carbons (Fsp3) is 0.320. The summed E-state index contributed by atoms with van der Waals surface area (Å²) >= 11 is 16.3. The van der Waals surface area contributed by atoms with Gasteiger partial charge in [0.1, 0.15) is 0 Å². The van der Waals surface area contributed by atoms with Gasteiger partial charge in [-0.3, -0.25) is 0 Å². The minimum atomic E-state index is 0.528. The van der Waals surface area contributed by atoms with Crippen LogP contribution in [-0.4, -0.2) is 67.9 Å². The smallest absolute Gasteiger partial charge is 0.170 e. The maximum atomic E-state index is 5.65. The summed E-state index contributed by atoms with van der Waals surface area (Å²) in [5, 5.41) is 25.3. The molecule has 2 bridgehead atoms. The predicted octanol–water partition coefficient (Wildman–Crippen LogP) is 3.08. The van der Waals surface area contributed by atoms with Crippen LogP contribution in [0.15, 0.2) is 48.5 Å². The van der Waals surface area contributed by atoms with Crippen LogP contribution >= 0.6 is 36.7 Å². The summed E-state index contributed by atoms with van der Waals surface area (Å²) in [7, 11) is 0. The lowest BCUT2D eigenvalue weighted by Gasteiger charge is -2.16. The van der Waals surface area contributed by atoms with E-state index >= 15 is 0 Å². The van der Waals surface area contributed by atoms with Crippen molar-refractivity contribution in [3.63, 3.8) is 0 Å². The van der Waals surface area contributed by atoms with Crippen LogP contribution in [0.25, 0.3) is 21.5 Å². The van der Waals surface area contributed by atoms with Crippen LogP contribution in [0.5, 0.6) is 0 Å². The highest BCUT2D eigenvalue weighted by Gasteiger charge is 2.09. The Labute approximate surface area is 226 Å². The summed E-state index contributed by atoms with van der Waals surface area (Å²) in [6.45, 7) is 4.57. The van der Waals surface area contributed by atoms with Crippen LogP contribution in [0.3, 0.4) is 0 Å². The first kappa shape index (κ1) is 26.2. The van der Waals surface area contributed by atoms with Gasteiger partial charge in [-0.25, -0.2) is 0 Å². The lowest BCUT2D eigenvalue weighted by molar-refractivity contribution is 0.142. The van der Waals surface area contributed by atoms with Crippen molar-refractivity contribution < 1.29 is 9.47 Å². The summed E-state index contributed by atoms with van der Waals surface area (Å²) in [4.78, 5) is 0. The van der Waals surface area contributed by atoms with Gasteiger partial charge in [-0.15, -0.1) is 0 Å². The molecule has 11 heteroatoms. The molecule has 0 aliphatic carbocycles. The van der Waals surface area contributed by atoms with Gasteiger partial charge in [0.05, 0.1) is 26.4 Å². The first-order chi connectivity index (χ1) is 17.6. The quantitative estimate of drug-likeness (QED) is 0.187. The largest absolute Gasteiger partial charge is 0.378 e. The van der Waals surface area contributed by atoms with Gasteiger partial charge in [0.15, 0.2) is 15.3 Å². The van der Waals surface area contributed by atoms with E-state index in [1.807, 2.05) is 24.3 Å². The lowest BCUT2D eigenvalue weighted by atomic mass is 10.0. The van der Waals surface area contributed by atoms with Crippen molar-refractivity contribution in [2.45, 2.75) is 0 Å². The molecule has 8 nitrogen and oxygen atoms in total. The predicted molar refractivity (Wildman–Crippen MR) is 160 cm³/mol. The Bertz CT molecular complexity index is 1150. The maximum absolute atomic E-state index is 5.65. The highest BCUT2D eigenvalue weighted by molar-refractivity contribution is 7.80. The summed E-state index contributed by atoms with van der Waals surface area (Å²) in [6.07, 6.45) is 0. The van der Waals surface area contributed by atoms with Crippen LogP contribution in [0, 0.1) is 0 Å². The van der Waals surface area contributed by atoms with Gasteiger partial charge in [0, 0.05) is 48.3 Å². The van der Waals surface area contributed by atoms with E-state index < -0.39 is 0 Å². The topological polar surface area (TPSA) is 90.6 Å². The molecule has 6 N–H and O–H groups in total. The zero-order valence-electron chi connectivity index (χ0n) is 19.8. The van der Waals surface area contributed by atoms with E-state index in [0.29, 0.717) is 67.9 Å². The molecule has 0 saturated carbocycles. The van der Waals surface area contributed by atoms with Crippen molar-refractivity contribution in [1.82, 2.24) is 21.3 Å². The second-order valence-corrected chi connectivity index (χ2v) is 9.30. The van der Waals surface area contributed by atoms with Gasteiger partial charge >= 0.3 is 0 Å². The average Bonchev–Trinajstić information content (AvgIpc) is 2.86. The minimum Gasteiger partial charge on any atom is -0.378 e. The molecule has 0 amide bonds. The third-order valence-electron chi connectivity index (χ3n) is 5.50. The molecule has 0 radical (unpaired) electrons. The normalized spacial score (nSPS) is 17.3. The van der Waals surface area contributed by atoms with Gasteiger partial charge in [-0.1, -0.05) is 24.3 Å². The van der Waals surface area contributed by atoms with Crippen LogP contribution < -0.4 is 31.9 Å². The molecule has 3 aromatic rings. The first-order valence-corrected chi connectivity index (χ1v) is 13.0. The third kappa shape index (κ3) is 7.58. The molecule has 3 aromatic carbocycles. The van der Waals surface area contributed by atoms with Crippen molar-refractivity contribution in [2.75, 3.05) is 63.2 Å². The number of hydrogen-bond donors (Lipinski definition) is 6. The second-order valence-electron chi connectivity index (χ2n) is 8.07. The average molecular weight is 543 g/mol. The first-order valence-electron chi connectivity index (χ1n) is 11.8. The zero-order chi connectivity index (χ0) is 25.2. The molecule has 0 saturated heterocycles. The molecule has 0 fully saturated rings. The maximum Gasteiger partial charge on any atom is 0.170 e. The Morgan fingerprint density at radius 3 is 1.39 bits per heavy atom. The van der Waals surface area contributed by atoms with E-state index in [2.05, 4.69) is 56.2 Å². The number of nitrogens with one attached hydrogen (secondary N) is 6. The van der Waals surface area contributed by atoms with Crippen molar-refractivity contribution in [3.05, 3.63) is 48.5 Å². The van der Waals surface area contributed by atoms with Gasteiger partial charge in [-0.2, -0.15) is 0 Å². The van der Waals surface area contributed by atoms with Gasteiger partial charge in [0.2, 0.25) is 0 Å². The molecular weight excluding hydrogens is 513 g/mol. The minimum absolute atomic E-state index is 0.528. The van der Waals surface area contributed by atoms with Crippen LogP contribution in [-0.2, 0) is 9.47 Å². The Hall–Kier alpha value is -2.83. The summed E-state index contributed by atoms with van der Waals surface area (Å²) in [5.41, 5.74) is 1.86. The number of thiocarbonyl (C=S) groups is 3. The second kappa shape index (κ2) is 13.5. The molecule has 36 heavy (non-hydrogen) atoms. The molecule has 0 spiro atoms. The number of ether oxygens (including phenoxy) is 2. The van der Waals surface area contributed by atoms with E-state index in [4.69, 9.17) is 46.1 Å². The van der Waals surface area contributed by atoms with Gasteiger partial charge in [-0.05, 0) is 71.7 Å². The molecule has 190 valence electrons. The van der Waals surface area contributed by atoms with E-state index in [1.165, 1.54) is 0 Å². The van der Waals surface area contributed by atoms with E-state index in [9.17, 15) is 0 Å². The Kier molecular flexibility index (Phi) is 9.82. The molecule has 1 aliphatic heterocycles. The number of anilines is 2. The fourth-order valence-electron chi connectivity index (χ4n) is 3.82. The molecule has 4 rings (SSSR count). The fourth-order valence-corrected chi connectivity index (χ4v) is 4.44. The Morgan fingerprint density at radius 2 is 0.944 bits per heavy atom. The zero-order valence-corrected chi connectivity index (χ0v) is 22.3. The molecule has 1 heterocycles. The van der Waals surface area contributed by atoms with Crippen LogP contribution in [0.4, 0.5) is 11.4 Å². The van der Waals surface area contributed by atoms with Crippen molar-refractivity contribution in [2.24, 2.45) is 0 Å². The third-order valence-corrected chi connectivity index (χ3v) is 6.29. The number of rotatable bonds is 0. The molecule has 0 unspecified atom stereocenters. The Morgan fingerprint density at radius 1 is 0.528 bits per heavy atom. The van der Waals surface area contributed by atoms with E-state index in [-0.39, 0.29) is 0 Å². The summed E-state index contributed by atoms with van der Waals surface area (Å²) < 4.78 is 11.3. The van der Waals surface area contributed by atoms with Gasteiger partial charge < -0.3 is 41.4 Å². The van der Waals surface area contributed by atoms with E-state index in [0.717, 1.165) is 32.9 Å². The number of benzene rings is 3. The molecular formula is C25H30N6O2S3. The van der Waals surface area contributed by atoms with Crippen molar-refractivity contribution >= 4 is 84.9 Å². The molecule has 0 atom stereocenters. The molecule has 1 aliphatic rings. The SMILES string of the molecule is S=C1NCCOCCNC(=S)Nc2cccc3cc4cccc(c4cc23)NC(=S)NCCOCCN1. The number of hydrogen-bond acceptors (Lipinski definition) is 5. The highest BCUT2D eigenvalue weighted by Crippen LogP contribution is 2.32. The summed E-state index contributed by atoms with van der Waals surface area (Å²) in [5.74, 6) is 0. The summed E-state index contributed by atoms with van der Waals surface area (Å²) in [6, 6.07) is 16.6. The van der Waals surface area contributed by atoms with Gasteiger partial charge in [0.25, 0.3) is 0 Å². The Balaban J connectivity index is 1.52. The standard InChI is InChI=1S/C25H30N6O2S3/c34-23-26-7-11-32-13-9-28-24(35)30-21-5-1-3-17-15-18-4-2-6-22(20(18)16-19(17)21)31-25(36)29-10-14-33-12-8-27-23/h1-6,15-16H,7-14H2,(H2,26,27,34)(H2,28,30,35)(H2,29,31,36). The van der Waals surface area contributed by atoms with Crippen LogP contribution in [0.1, 0.15) is 0 Å². The highest BCUT2D eigenvalue weighted by atomic mass is 32.1. The van der Waals surface area contributed by atoms with E-state index in [1.54, 1.807) is 0 Å². The molecule has 0 aromatic heterocycles. The lowest BCUT2D eigenvalue weighted by Crippen LogP contribution is -2.39.